The Morgan fingerprint density at radius 1 is 0.261 bits per heavy atom. The van der Waals surface area contributed by atoms with Gasteiger partial charge in [-0.2, -0.15) is 0 Å². The van der Waals surface area contributed by atoms with E-state index in [1.54, 1.807) is 0 Å². The van der Waals surface area contributed by atoms with Crippen LogP contribution in [-0.4, -0.2) is 0 Å². The van der Waals surface area contributed by atoms with E-state index >= 15 is 0 Å². The number of rotatable bonds is 4. The van der Waals surface area contributed by atoms with Crippen LogP contribution in [0.5, 0.6) is 0 Å². The van der Waals surface area contributed by atoms with Crippen molar-refractivity contribution >= 4 is 43.1 Å². The molecule has 0 spiro atoms. The van der Waals surface area contributed by atoms with Crippen LogP contribution in [0.3, 0.4) is 0 Å². The van der Waals surface area contributed by atoms with E-state index in [1.165, 1.54) is 0 Å². The van der Waals surface area contributed by atoms with Crippen molar-refractivity contribution in [3.8, 4) is 44.5 Å². The van der Waals surface area contributed by atoms with Crippen LogP contribution in [0.4, 0.5) is 0 Å². The van der Waals surface area contributed by atoms with Gasteiger partial charge in [0.05, 0.1) is 41.1 Å². The molecule has 46 heavy (non-hydrogen) atoms. The van der Waals surface area contributed by atoms with Crippen molar-refractivity contribution in [2.75, 3.05) is 0 Å². The summed E-state index contributed by atoms with van der Waals surface area (Å²) < 4.78 is 270. The minimum atomic E-state index is -1.18. The molecular weight excluding hydrogens is 553 g/mol. The van der Waals surface area contributed by atoms with Gasteiger partial charge in [0, 0.05) is 0 Å². The maximum absolute atomic E-state index is 10.1. The van der Waals surface area contributed by atoms with Crippen molar-refractivity contribution in [3.05, 3.63) is 181 Å². The molecule has 0 aliphatic heterocycles. The second kappa shape index (κ2) is 10.9. The van der Waals surface area contributed by atoms with Crippen molar-refractivity contribution in [1.29, 1.82) is 0 Å². The van der Waals surface area contributed by atoms with Gasteiger partial charge in [-0.25, -0.2) is 0 Å². The van der Waals surface area contributed by atoms with Gasteiger partial charge in [0.1, 0.15) is 0 Å². The van der Waals surface area contributed by atoms with Gasteiger partial charge in [-0.05, 0) is 99.7 Å². The quantitative estimate of drug-likeness (QED) is 0.173. The predicted molar refractivity (Wildman–Crippen MR) is 198 cm³/mol. The van der Waals surface area contributed by atoms with E-state index in [-0.39, 0.29) is 0 Å². The molecule has 0 bridgehead atoms. The maximum atomic E-state index is 10.1. The highest BCUT2D eigenvalue weighted by molar-refractivity contribution is 6.22. The summed E-state index contributed by atoms with van der Waals surface area (Å²) in [6.07, 6.45) is 0. The fraction of sp³-hybridized carbons (Fsp3) is 0. The summed E-state index contributed by atoms with van der Waals surface area (Å²) in [4.78, 5) is 0. The number of benzene rings is 9. The Morgan fingerprint density at radius 3 is 1.54 bits per heavy atom. The van der Waals surface area contributed by atoms with Crippen molar-refractivity contribution in [3.63, 3.8) is 0 Å². The molecule has 0 nitrogen and oxygen atoms in total. The zero-order chi connectivity index (χ0) is 56.6. The van der Waals surface area contributed by atoms with Gasteiger partial charge >= 0.3 is 0 Å². The molecular formula is C46H30. The summed E-state index contributed by atoms with van der Waals surface area (Å²) in [5.41, 5.74) is -6.97. The highest BCUT2D eigenvalue weighted by atomic mass is 14.2. The van der Waals surface area contributed by atoms with E-state index in [2.05, 4.69) is 0 Å². The Balaban J connectivity index is 1.63. The molecule has 0 radical (unpaired) electrons. The van der Waals surface area contributed by atoms with Gasteiger partial charge in [0.15, 0.2) is 0 Å². The summed E-state index contributed by atoms with van der Waals surface area (Å²) in [5.74, 6) is 0. The Hall–Kier alpha value is -5.98. The van der Waals surface area contributed by atoms with E-state index in [0.717, 1.165) is 0 Å². The largest absolute Gasteiger partial charge is 0.0636 e. The molecule has 9 aromatic carbocycles. The molecule has 0 heteroatoms. The molecule has 0 fully saturated rings. The maximum Gasteiger partial charge on any atom is 0.0636 e. The molecule has 9 rings (SSSR count). The molecule has 0 amide bonds. The molecule has 0 aliphatic carbocycles. The number of fused-ring (bicyclic) bond motifs is 4. The standard InChI is InChI=1S/C46H30/c1-2-13-34(14-3-1)45-41-18-8-9-19-42(41)46(35-24-22-33(23-25-35)40-20-10-16-32-12-6-7-17-39(32)40)44-30-38(27-28-43(44)45)37-26-21-31-11-4-5-15-36(31)29-37/h1-30H/i1D,2D,3D,4D,5D,6D,7D,8D,9D,10D,11D,12D,13D,14D,15D,16D,17D,18D,19D,20D,21D,22D,23D,24D,25D,26D,27D,28D,29D,30D. The van der Waals surface area contributed by atoms with Crippen LogP contribution in [0.2, 0.25) is 0 Å². The minimum absolute atomic E-state index is 0.612. The molecule has 0 atom stereocenters. The third-order valence-electron chi connectivity index (χ3n) is 7.19. The third-order valence-corrected chi connectivity index (χ3v) is 7.19. The van der Waals surface area contributed by atoms with Crippen LogP contribution >= 0.6 is 0 Å². The zero-order valence-electron chi connectivity index (χ0n) is 53.0. The van der Waals surface area contributed by atoms with Crippen molar-refractivity contribution in [1.82, 2.24) is 0 Å². The Kier molecular flexibility index (Phi) is 2.37. The molecule has 9 aromatic rings. The number of hydrogen-bond donors (Lipinski definition) is 0. The van der Waals surface area contributed by atoms with Gasteiger partial charge in [-0.15, -0.1) is 0 Å². The smallest absolute Gasteiger partial charge is 0.0622 e. The van der Waals surface area contributed by atoms with E-state index in [9.17, 15) is 15.1 Å². The summed E-state index contributed by atoms with van der Waals surface area (Å²) in [7, 11) is 0. The van der Waals surface area contributed by atoms with Crippen molar-refractivity contribution < 1.29 is 41.1 Å². The average molecular weight is 613 g/mol. The van der Waals surface area contributed by atoms with E-state index in [1.807, 2.05) is 0 Å². The lowest BCUT2D eigenvalue weighted by atomic mass is 9.84. The van der Waals surface area contributed by atoms with E-state index < -0.39 is 269 Å². The molecule has 0 heterocycles. The van der Waals surface area contributed by atoms with Gasteiger partial charge in [0.2, 0.25) is 0 Å². The average Bonchev–Trinajstić information content (AvgIpc) is 3.38. The number of hydrogen-bond acceptors (Lipinski definition) is 0. The van der Waals surface area contributed by atoms with Gasteiger partial charge in [-0.1, -0.05) is 169 Å². The lowest BCUT2D eigenvalue weighted by Crippen LogP contribution is -1.92. The Labute approximate surface area is 311 Å². The first kappa shape index (κ1) is 10.0. The molecule has 0 aliphatic rings. The summed E-state index contributed by atoms with van der Waals surface area (Å²) >= 11 is 0. The molecule has 0 N–H and O–H groups in total. The Bertz CT molecular complexity index is 4210. The van der Waals surface area contributed by atoms with Crippen LogP contribution in [-0.2, 0) is 0 Å². The second-order valence-electron chi connectivity index (χ2n) is 9.75. The van der Waals surface area contributed by atoms with Crippen LogP contribution in [0, 0.1) is 0 Å². The fourth-order valence-electron chi connectivity index (χ4n) is 5.19. The molecule has 0 unspecified atom stereocenters. The molecule has 214 valence electrons. The lowest BCUT2D eigenvalue weighted by Gasteiger charge is -2.19. The fourth-order valence-corrected chi connectivity index (χ4v) is 5.19. The predicted octanol–water partition coefficient (Wildman–Crippen LogP) is 13.0. The first-order chi connectivity index (χ1) is 35.3. The highest BCUT2D eigenvalue weighted by Crippen LogP contribution is 2.45. The summed E-state index contributed by atoms with van der Waals surface area (Å²) in [6, 6.07) is -29.9. The first-order valence-electron chi connectivity index (χ1n) is 28.5. The van der Waals surface area contributed by atoms with Gasteiger partial charge < -0.3 is 0 Å². The van der Waals surface area contributed by atoms with Crippen LogP contribution in [0.1, 0.15) is 41.1 Å². The molecule has 0 saturated heterocycles. The highest BCUT2D eigenvalue weighted by Gasteiger charge is 2.18. The van der Waals surface area contributed by atoms with Gasteiger partial charge in [0.25, 0.3) is 0 Å². The minimum Gasteiger partial charge on any atom is -0.0622 e. The summed E-state index contributed by atoms with van der Waals surface area (Å²) in [5, 5.41) is -5.94. The zero-order valence-corrected chi connectivity index (χ0v) is 23.0. The van der Waals surface area contributed by atoms with Crippen molar-refractivity contribution in [2.24, 2.45) is 0 Å². The topological polar surface area (TPSA) is 0 Å². The second-order valence-corrected chi connectivity index (χ2v) is 9.75. The van der Waals surface area contributed by atoms with E-state index in [4.69, 9.17) is 26.0 Å². The van der Waals surface area contributed by atoms with Crippen LogP contribution in [0.25, 0.3) is 87.6 Å². The SMILES string of the molecule is [2H]c1c([2H])c([2H])c(-c2c3c([2H])c([2H])c([2H])c([2H])c3c(-c3c([2H])c([2H])c(-c4c([2H])c([2H])c([2H])c5c([2H])c([2H])c([2H])c([2H])c45)c([2H])c3[2H])c3c([2H])c(-c4c([2H])c([2H])c5c([2H])c([2H])c([2H])c([2H])c5c4[2H])c([2H])c([2H])c23)c([2H])c1[2H]. The first-order valence-corrected chi connectivity index (χ1v) is 13.5. The Morgan fingerprint density at radius 2 is 0.761 bits per heavy atom. The van der Waals surface area contributed by atoms with Crippen LogP contribution < -0.4 is 0 Å². The van der Waals surface area contributed by atoms with E-state index in [0.29, 0.717) is 0 Å². The lowest BCUT2D eigenvalue weighted by molar-refractivity contribution is 1.62. The van der Waals surface area contributed by atoms with Crippen LogP contribution in [0.15, 0.2) is 181 Å². The molecule has 0 aromatic heterocycles. The third kappa shape index (κ3) is 4.38. The monoisotopic (exact) mass is 612 g/mol. The summed E-state index contributed by atoms with van der Waals surface area (Å²) in [6.45, 7) is 0. The normalized spacial score (nSPS) is 20.6. The van der Waals surface area contributed by atoms with Gasteiger partial charge in [-0.3, -0.25) is 0 Å². The molecule has 0 saturated carbocycles. The van der Waals surface area contributed by atoms with Crippen molar-refractivity contribution in [2.45, 2.75) is 0 Å².